The third kappa shape index (κ3) is 2.38. The summed E-state index contributed by atoms with van der Waals surface area (Å²) in [6.07, 6.45) is 1.43. The number of benzene rings is 1. The van der Waals surface area contributed by atoms with Gasteiger partial charge >= 0.3 is 6.03 Å². The molecule has 0 unspecified atom stereocenters. The summed E-state index contributed by atoms with van der Waals surface area (Å²) in [5, 5.41) is 4.78. The summed E-state index contributed by atoms with van der Waals surface area (Å²) in [7, 11) is 0. The van der Waals surface area contributed by atoms with Crippen LogP contribution in [0.3, 0.4) is 0 Å². The van der Waals surface area contributed by atoms with Crippen LogP contribution in [0.4, 0.5) is 20.8 Å². The van der Waals surface area contributed by atoms with Gasteiger partial charge in [0, 0.05) is 6.07 Å². The molecule has 0 atom stereocenters. The third-order valence-corrected chi connectivity index (χ3v) is 1.88. The molecule has 0 aliphatic carbocycles. The number of urea groups is 1. The lowest BCUT2D eigenvalue weighted by molar-refractivity contribution is 0.261. The van der Waals surface area contributed by atoms with Crippen LogP contribution in [-0.4, -0.2) is 6.03 Å². The van der Waals surface area contributed by atoms with E-state index in [4.69, 9.17) is 4.42 Å². The lowest BCUT2D eigenvalue weighted by Gasteiger charge is -2.05. The SMILES string of the molecule is O=C(Nc1ccco1)Nc1ccccc1F. The molecule has 5 heteroatoms. The fourth-order valence-electron chi connectivity index (χ4n) is 1.18. The summed E-state index contributed by atoms with van der Waals surface area (Å²) in [6, 6.07) is 8.58. The van der Waals surface area contributed by atoms with Gasteiger partial charge in [-0.3, -0.25) is 5.32 Å². The lowest BCUT2D eigenvalue weighted by atomic mass is 10.3. The number of anilines is 2. The van der Waals surface area contributed by atoms with Gasteiger partial charge in [-0.2, -0.15) is 0 Å². The van der Waals surface area contributed by atoms with E-state index in [9.17, 15) is 9.18 Å². The first-order valence-electron chi connectivity index (χ1n) is 4.62. The molecule has 2 N–H and O–H groups in total. The van der Waals surface area contributed by atoms with Gasteiger partial charge in [-0.1, -0.05) is 12.1 Å². The molecule has 16 heavy (non-hydrogen) atoms. The van der Waals surface area contributed by atoms with Crippen LogP contribution < -0.4 is 10.6 Å². The average molecular weight is 220 g/mol. The number of amides is 2. The van der Waals surface area contributed by atoms with Crippen LogP contribution in [0.1, 0.15) is 0 Å². The molecule has 0 radical (unpaired) electrons. The van der Waals surface area contributed by atoms with Crippen molar-refractivity contribution in [2.24, 2.45) is 0 Å². The molecule has 1 aromatic carbocycles. The fraction of sp³-hybridized carbons (Fsp3) is 0. The van der Waals surface area contributed by atoms with E-state index >= 15 is 0 Å². The molecule has 0 saturated heterocycles. The van der Waals surface area contributed by atoms with Crippen LogP contribution in [0, 0.1) is 5.82 Å². The number of furan rings is 1. The minimum atomic E-state index is -0.556. The van der Waals surface area contributed by atoms with Gasteiger partial charge < -0.3 is 9.73 Å². The number of nitrogens with one attached hydrogen (secondary N) is 2. The molecule has 1 aromatic heterocycles. The van der Waals surface area contributed by atoms with Crippen LogP contribution in [0.15, 0.2) is 47.1 Å². The van der Waals surface area contributed by atoms with Gasteiger partial charge in [0.25, 0.3) is 0 Å². The zero-order valence-electron chi connectivity index (χ0n) is 8.24. The molecule has 0 fully saturated rings. The molecule has 2 rings (SSSR count). The Morgan fingerprint density at radius 1 is 1.12 bits per heavy atom. The lowest BCUT2D eigenvalue weighted by Crippen LogP contribution is -2.19. The second kappa shape index (κ2) is 4.48. The second-order valence-corrected chi connectivity index (χ2v) is 3.04. The largest absolute Gasteiger partial charge is 0.449 e. The molecule has 0 spiro atoms. The maximum absolute atomic E-state index is 13.2. The van der Waals surface area contributed by atoms with E-state index in [1.807, 2.05) is 0 Å². The van der Waals surface area contributed by atoms with Gasteiger partial charge in [-0.05, 0) is 18.2 Å². The predicted octanol–water partition coefficient (Wildman–Crippen LogP) is 3.06. The van der Waals surface area contributed by atoms with E-state index in [2.05, 4.69) is 10.6 Å². The highest BCUT2D eigenvalue weighted by Gasteiger charge is 2.06. The van der Waals surface area contributed by atoms with E-state index in [-0.39, 0.29) is 5.69 Å². The summed E-state index contributed by atoms with van der Waals surface area (Å²) >= 11 is 0. The molecule has 82 valence electrons. The minimum Gasteiger partial charge on any atom is -0.449 e. The normalized spacial score (nSPS) is 9.81. The van der Waals surface area contributed by atoms with Crippen LogP contribution >= 0.6 is 0 Å². The number of carbonyl (C=O) groups is 1. The monoisotopic (exact) mass is 220 g/mol. The molecule has 0 aliphatic heterocycles. The number of carbonyl (C=O) groups excluding carboxylic acids is 1. The predicted molar refractivity (Wildman–Crippen MR) is 57.7 cm³/mol. The summed E-state index contributed by atoms with van der Waals surface area (Å²) in [5.74, 6) is -0.189. The Balaban J connectivity index is 2.00. The molecule has 2 aromatic rings. The van der Waals surface area contributed by atoms with Gasteiger partial charge in [0.2, 0.25) is 5.88 Å². The van der Waals surface area contributed by atoms with Crippen molar-refractivity contribution in [2.45, 2.75) is 0 Å². The highest BCUT2D eigenvalue weighted by molar-refractivity contribution is 5.98. The molecule has 0 bridgehead atoms. The Morgan fingerprint density at radius 2 is 1.94 bits per heavy atom. The van der Waals surface area contributed by atoms with Crippen molar-refractivity contribution in [2.75, 3.05) is 10.6 Å². The summed E-state index contributed by atoms with van der Waals surface area (Å²) < 4.78 is 18.1. The quantitative estimate of drug-likeness (QED) is 0.817. The van der Waals surface area contributed by atoms with Crippen LogP contribution in [0.5, 0.6) is 0 Å². The van der Waals surface area contributed by atoms with Crippen molar-refractivity contribution in [3.05, 3.63) is 48.5 Å². The Bertz CT molecular complexity index is 482. The first kappa shape index (κ1) is 10.2. The van der Waals surface area contributed by atoms with Crippen LogP contribution in [0.2, 0.25) is 0 Å². The Labute approximate surface area is 91.1 Å². The van der Waals surface area contributed by atoms with E-state index in [1.54, 1.807) is 24.3 Å². The third-order valence-electron chi connectivity index (χ3n) is 1.88. The number of halogens is 1. The standard InChI is InChI=1S/C11H9FN2O2/c12-8-4-1-2-5-9(8)13-11(15)14-10-6-3-7-16-10/h1-7H,(H2,13,14,15). The van der Waals surface area contributed by atoms with E-state index in [0.717, 1.165) is 0 Å². The molecule has 2 amide bonds. The Kier molecular flexibility index (Phi) is 2.86. The van der Waals surface area contributed by atoms with Crippen LogP contribution in [0.25, 0.3) is 0 Å². The Hall–Kier alpha value is -2.30. The average Bonchev–Trinajstić information content (AvgIpc) is 2.74. The van der Waals surface area contributed by atoms with Gasteiger partial charge in [-0.25, -0.2) is 9.18 Å². The van der Waals surface area contributed by atoms with Gasteiger partial charge in [0.05, 0.1) is 12.0 Å². The van der Waals surface area contributed by atoms with Crippen LogP contribution in [-0.2, 0) is 0 Å². The first-order chi connectivity index (χ1) is 7.75. The molecule has 4 nitrogen and oxygen atoms in total. The highest BCUT2D eigenvalue weighted by Crippen LogP contribution is 2.13. The van der Waals surface area contributed by atoms with Crippen molar-refractivity contribution < 1.29 is 13.6 Å². The summed E-state index contributed by atoms with van der Waals surface area (Å²) in [4.78, 5) is 11.4. The number of rotatable bonds is 2. The van der Waals surface area contributed by atoms with Crippen molar-refractivity contribution >= 4 is 17.6 Å². The Morgan fingerprint density at radius 3 is 2.62 bits per heavy atom. The van der Waals surface area contributed by atoms with Crippen molar-refractivity contribution in [1.82, 2.24) is 0 Å². The van der Waals surface area contributed by atoms with Crippen molar-refractivity contribution in [1.29, 1.82) is 0 Å². The van der Waals surface area contributed by atoms with E-state index < -0.39 is 11.8 Å². The van der Waals surface area contributed by atoms with Gasteiger partial charge in [0.15, 0.2) is 0 Å². The minimum absolute atomic E-state index is 0.117. The zero-order chi connectivity index (χ0) is 11.4. The summed E-state index contributed by atoms with van der Waals surface area (Å²) in [5.41, 5.74) is 0.117. The van der Waals surface area contributed by atoms with E-state index in [1.165, 1.54) is 18.4 Å². The van der Waals surface area contributed by atoms with Crippen molar-refractivity contribution in [3.63, 3.8) is 0 Å². The molecular formula is C11H9FN2O2. The molecule has 1 heterocycles. The topological polar surface area (TPSA) is 54.3 Å². The molecule has 0 aliphatic rings. The molecular weight excluding hydrogens is 211 g/mol. The smallest absolute Gasteiger partial charge is 0.326 e. The number of para-hydroxylation sites is 1. The van der Waals surface area contributed by atoms with Gasteiger partial charge in [0.1, 0.15) is 5.82 Å². The number of hydrogen-bond donors (Lipinski definition) is 2. The fourth-order valence-corrected chi connectivity index (χ4v) is 1.18. The zero-order valence-corrected chi connectivity index (χ0v) is 8.24. The molecule has 0 saturated carbocycles. The van der Waals surface area contributed by atoms with Gasteiger partial charge in [-0.15, -0.1) is 0 Å². The van der Waals surface area contributed by atoms with E-state index in [0.29, 0.717) is 5.88 Å². The van der Waals surface area contributed by atoms with Crippen molar-refractivity contribution in [3.8, 4) is 0 Å². The number of hydrogen-bond acceptors (Lipinski definition) is 2. The summed E-state index contributed by atoms with van der Waals surface area (Å²) in [6.45, 7) is 0. The highest BCUT2D eigenvalue weighted by atomic mass is 19.1. The maximum Gasteiger partial charge on any atom is 0.326 e. The first-order valence-corrected chi connectivity index (χ1v) is 4.62. The second-order valence-electron chi connectivity index (χ2n) is 3.04. The maximum atomic E-state index is 13.2.